The summed E-state index contributed by atoms with van der Waals surface area (Å²) < 4.78 is 27.2. The van der Waals surface area contributed by atoms with Crippen LogP contribution in [0.1, 0.15) is 0 Å². The Bertz CT molecular complexity index is 237. The Morgan fingerprint density at radius 1 is 1.00 bits per heavy atom. The van der Waals surface area contributed by atoms with Crippen molar-refractivity contribution in [3.05, 3.63) is 0 Å². The van der Waals surface area contributed by atoms with Crippen molar-refractivity contribution in [2.45, 2.75) is 0 Å². The fraction of sp³-hybridized carbons (Fsp3) is 0. The van der Waals surface area contributed by atoms with E-state index in [0.29, 0.717) is 0 Å². The number of hydrogen-bond donors (Lipinski definition) is 0. The third kappa shape index (κ3) is 1.17. The normalized spacial score (nSPS) is 23.1. The molecule has 0 aliphatic carbocycles. The van der Waals surface area contributed by atoms with Crippen molar-refractivity contribution in [1.82, 2.24) is 0 Å². The summed E-state index contributed by atoms with van der Waals surface area (Å²) in [5, 5.41) is 0. The van der Waals surface area contributed by atoms with Crippen LogP contribution in [0.25, 0.3) is 0 Å². The molecule has 0 saturated carbocycles. The molecule has 1 saturated heterocycles. The Labute approximate surface area is 53.4 Å². The molecular formula is C2O6Te. The van der Waals surface area contributed by atoms with Crippen LogP contribution in [0.15, 0.2) is 0 Å². The Hall–Kier alpha value is -0.670. The molecule has 6 nitrogen and oxygen atoms in total. The van der Waals surface area contributed by atoms with Gasteiger partial charge in [-0.3, -0.25) is 0 Å². The average Bonchev–Trinajstić information content (AvgIpc) is 1.79. The van der Waals surface area contributed by atoms with Crippen molar-refractivity contribution in [2.24, 2.45) is 0 Å². The summed E-state index contributed by atoms with van der Waals surface area (Å²) in [6.07, 6.45) is 0. The molecule has 0 atom stereocenters. The molecule has 0 aromatic rings. The van der Waals surface area contributed by atoms with Gasteiger partial charge in [-0.2, -0.15) is 0 Å². The first-order chi connectivity index (χ1) is 4.01. The molecule has 0 bridgehead atoms. The van der Waals surface area contributed by atoms with Crippen LogP contribution >= 0.6 is 0 Å². The summed E-state index contributed by atoms with van der Waals surface area (Å²) in [6, 6.07) is 0. The minimum absolute atomic E-state index is 1.46. The van der Waals surface area contributed by atoms with Crippen molar-refractivity contribution in [3.8, 4) is 0 Å². The SMILES string of the molecule is O=C1O[Te](=O)(=O)OC1=O. The molecule has 0 radical (unpaired) electrons. The van der Waals surface area contributed by atoms with E-state index in [4.69, 9.17) is 0 Å². The fourth-order valence-electron chi connectivity index (χ4n) is 0.270. The van der Waals surface area contributed by atoms with Gasteiger partial charge in [0.05, 0.1) is 0 Å². The first-order valence-corrected chi connectivity index (χ1v) is 5.54. The van der Waals surface area contributed by atoms with E-state index in [1.807, 2.05) is 0 Å². The van der Waals surface area contributed by atoms with Gasteiger partial charge in [0.25, 0.3) is 0 Å². The maximum atomic E-state index is 10.1. The van der Waals surface area contributed by atoms with E-state index in [1.54, 1.807) is 0 Å². The Balaban J connectivity index is 3.03. The summed E-state index contributed by atoms with van der Waals surface area (Å²) in [4.78, 5) is 19.9. The van der Waals surface area contributed by atoms with Gasteiger partial charge in [0.2, 0.25) is 0 Å². The van der Waals surface area contributed by atoms with Crippen molar-refractivity contribution >= 4 is 30.9 Å². The van der Waals surface area contributed by atoms with E-state index in [0.717, 1.165) is 0 Å². The van der Waals surface area contributed by atoms with E-state index < -0.39 is 30.9 Å². The van der Waals surface area contributed by atoms with Gasteiger partial charge in [0.1, 0.15) is 0 Å². The third-order valence-electron chi connectivity index (χ3n) is 0.522. The van der Waals surface area contributed by atoms with Crippen molar-refractivity contribution in [3.63, 3.8) is 0 Å². The summed E-state index contributed by atoms with van der Waals surface area (Å²) >= 11 is -5.35. The van der Waals surface area contributed by atoms with Gasteiger partial charge in [0.15, 0.2) is 0 Å². The first-order valence-electron chi connectivity index (χ1n) is 1.73. The standard InChI is InChI=1S/C2O6Te/c3-1-2(4)8-9(5,6)7-1. The van der Waals surface area contributed by atoms with E-state index in [-0.39, 0.29) is 0 Å². The van der Waals surface area contributed by atoms with Gasteiger partial charge < -0.3 is 0 Å². The van der Waals surface area contributed by atoms with Gasteiger partial charge >= 0.3 is 52.9 Å². The van der Waals surface area contributed by atoms with Gasteiger partial charge in [-0.15, -0.1) is 0 Å². The molecule has 1 rings (SSSR count). The maximum absolute atomic E-state index is 10.1. The number of carbonyl (C=O) groups excluding carboxylic acids is 2. The van der Waals surface area contributed by atoms with E-state index >= 15 is 0 Å². The summed E-state index contributed by atoms with van der Waals surface area (Å²) in [5.41, 5.74) is 0. The molecule has 0 aromatic heterocycles. The van der Waals surface area contributed by atoms with Crippen LogP contribution in [0.4, 0.5) is 0 Å². The molecule has 0 N–H and O–H groups in total. The van der Waals surface area contributed by atoms with Crippen LogP contribution < -0.4 is 0 Å². The van der Waals surface area contributed by atoms with Gasteiger partial charge in [-0.05, 0) is 0 Å². The predicted molar refractivity (Wildman–Crippen MR) is 19.3 cm³/mol. The number of rotatable bonds is 0. The molecule has 7 heteroatoms. The van der Waals surface area contributed by atoms with Gasteiger partial charge in [0, 0.05) is 0 Å². The molecule has 1 heterocycles. The summed E-state index contributed by atoms with van der Waals surface area (Å²) in [7, 11) is 0. The minimum atomic E-state index is -5.35. The Morgan fingerprint density at radius 3 is 1.44 bits per heavy atom. The molecule has 9 heavy (non-hydrogen) atoms. The van der Waals surface area contributed by atoms with Crippen LogP contribution in [-0.2, 0) is 22.0 Å². The zero-order valence-corrected chi connectivity index (χ0v) is 6.19. The van der Waals surface area contributed by atoms with Gasteiger partial charge in [-0.1, -0.05) is 0 Å². The summed E-state index contributed by atoms with van der Waals surface area (Å²) in [5.74, 6) is -2.91. The molecule has 1 fully saturated rings. The molecular weight excluding hydrogens is 248 g/mol. The molecule has 0 spiro atoms. The van der Waals surface area contributed by atoms with Crippen LogP contribution in [0.2, 0.25) is 0 Å². The van der Waals surface area contributed by atoms with Crippen molar-refractivity contribution in [2.75, 3.05) is 0 Å². The zero-order chi connectivity index (χ0) is 7.07. The Morgan fingerprint density at radius 2 is 1.33 bits per heavy atom. The Kier molecular flexibility index (Phi) is 1.18. The first kappa shape index (κ1) is 6.45. The molecule has 1 aliphatic rings. The molecule has 50 valence electrons. The van der Waals surface area contributed by atoms with Crippen LogP contribution in [-0.4, -0.2) is 30.9 Å². The molecule has 0 amide bonds. The molecule has 0 unspecified atom stereocenters. The average molecular weight is 248 g/mol. The molecule has 0 aromatic carbocycles. The summed E-state index contributed by atoms with van der Waals surface area (Å²) in [6.45, 7) is 0. The molecule has 1 aliphatic heterocycles. The second-order valence-corrected chi connectivity index (χ2v) is 4.43. The quantitative estimate of drug-likeness (QED) is 0.378. The predicted octanol–water partition coefficient (Wildman–Crippen LogP) is -1.62. The zero-order valence-electron chi connectivity index (χ0n) is 3.86. The third-order valence-corrected chi connectivity index (χ3v) is 2.55. The number of hydrogen-bond acceptors (Lipinski definition) is 6. The van der Waals surface area contributed by atoms with E-state index in [2.05, 4.69) is 6.20 Å². The monoisotopic (exact) mass is 250 g/mol. The second kappa shape index (κ2) is 1.65. The van der Waals surface area contributed by atoms with Gasteiger partial charge in [-0.25, -0.2) is 0 Å². The van der Waals surface area contributed by atoms with Crippen LogP contribution in [0.3, 0.4) is 0 Å². The fourth-order valence-corrected chi connectivity index (χ4v) is 1.81. The van der Waals surface area contributed by atoms with Crippen LogP contribution in [0.5, 0.6) is 0 Å². The van der Waals surface area contributed by atoms with Crippen LogP contribution in [0, 0.1) is 0 Å². The van der Waals surface area contributed by atoms with Crippen molar-refractivity contribution in [1.29, 1.82) is 0 Å². The van der Waals surface area contributed by atoms with E-state index in [1.165, 1.54) is 0 Å². The van der Waals surface area contributed by atoms with E-state index in [9.17, 15) is 15.8 Å². The topological polar surface area (TPSA) is 86.7 Å². The van der Waals surface area contributed by atoms with Crippen molar-refractivity contribution < 1.29 is 22.0 Å². The second-order valence-electron chi connectivity index (χ2n) is 1.15. The number of carbonyl (C=O) groups is 2.